The van der Waals surface area contributed by atoms with Crippen LogP contribution in [0.15, 0.2) is 42.5 Å². The maximum absolute atomic E-state index is 12.3. The standard InChI is InChI=1S/C17H15N3O5/c1-11(17(21)19-14-6-4-3-5-12(14)10-18)25-16-9-13(20(22)23)7-8-15(16)24-2/h3-9,11H,1-2H3,(H,19,21)/t11-/m1/s1. The molecule has 0 fully saturated rings. The third kappa shape index (κ3) is 4.23. The Morgan fingerprint density at radius 1 is 1.28 bits per heavy atom. The van der Waals surface area contributed by atoms with Crippen LogP contribution in [-0.4, -0.2) is 24.0 Å². The average Bonchev–Trinajstić information content (AvgIpc) is 2.61. The van der Waals surface area contributed by atoms with E-state index in [4.69, 9.17) is 14.7 Å². The molecule has 0 radical (unpaired) electrons. The molecular weight excluding hydrogens is 326 g/mol. The number of carbonyl (C=O) groups is 1. The molecule has 128 valence electrons. The molecule has 1 N–H and O–H groups in total. The fourth-order valence-corrected chi connectivity index (χ4v) is 2.04. The summed E-state index contributed by atoms with van der Waals surface area (Å²) >= 11 is 0. The predicted molar refractivity (Wildman–Crippen MR) is 89.5 cm³/mol. The fraction of sp³-hybridized carbons (Fsp3) is 0.176. The van der Waals surface area contributed by atoms with Crippen molar-refractivity contribution in [2.75, 3.05) is 12.4 Å². The second-order valence-corrected chi connectivity index (χ2v) is 5.00. The Morgan fingerprint density at radius 3 is 2.64 bits per heavy atom. The van der Waals surface area contributed by atoms with Gasteiger partial charge < -0.3 is 14.8 Å². The number of anilines is 1. The molecule has 1 atom stereocenters. The number of nitro benzene ring substituents is 1. The molecule has 0 heterocycles. The Labute approximate surface area is 143 Å². The molecule has 8 nitrogen and oxygen atoms in total. The van der Waals surface area contributed by atoms with Crippen LogP contribution in [0, 0.1) is 21.4 Å². The van der Waals surface area contributed by atoms with Gasteiger partial charge in [0.25, 0.3) is 11.6 Å². The topological polar surface area (TPSA) is 114 Å². The smallest absolute Gasteiger partial charge is 0.273 e. The summed E-state index contributed by atoms with van der Waals surface area (Å²) in [6, 6.07) is 12.4. The van der Waals surface area contributed by atoms with Crippen molar-refractivity contribution in [1.82, 2.24) is 0 Å². The molecule has 0 saturated carbocycles. The highest BCUT2D eigenvalue weighted by molar-refractivity contribution is 5.95. The number of nitrogens with one attached hydrogen (secondary N) is 1. The number of carbonyl (C=O) groups excluding carboxylic acids is 1. The van der Waals surface area contributed by atoms with Gasteiger partial charge in [0, 0.05) is 6.07 Å². The average molecular weight is 341 g/mol. The quantitative estimate of drug-likeness (QED) is 0.638. The van der Waals surface area contributed by atoms with Crippen LogP contribution < -0.4 is 14.8 Å². The number of amides is 1. The fourth-order valence-electron chi connectivity index (χ4n) is 2.04. The second-order valence-electron chi connectivity index (χ2n) is 5.00. The number of benzene rings is 2. The molecule has 0 spiro atoms. The molecule has 0 saturated heterocycles. The zero-order valence-electron chi connectivity index (χ0n) is 13.6. The van der Waals surface area contributed by atoms with E-state index >= 15 is 0 Å². The summed E-state index contributed by atoms with van der Waals surface area (Å²) in [5.74, 6) is -0.160. The minimum Gasteiger partial charge on any atom is -0.493 e. The SMILES string of the molecule is COc1ccc([N+](=O)[O-])cc1O[C@H](C)C(=O)Nc1ccccc1C#N. The summed E-state index contributed by atoms with van der Waals surface area (Å²) in [5, 5.41) is 22.5. The van der Waals surface area contributed by atoms with Gasteiger partial charge >= 0.3 is 0 Å². The first kappa shape index (κ1) is 17.7. The minimum absolute atomic E-state index is 0.0768. The van der Waals surface area contributed by atoms with Gasteiger partial charge in [-0.25, -0.2) is 0 Å². The van der Waals surface area contributed by atoms with E-state index in [1.165, 1.54) is 32.2 Å². The number of nitriles is 1. The van der Waals surface area contributed by atoms with Crippen LogP contribution in [0.3, 0.4) is 0 Å². The number of rotatable bonds is 6. The molecule has 2 aromatic rings. The lowest BCUT2D eigenvalue weighted by Gasteiger charge is -2.17. The first-order valence-corrected chi connectivity index (χ1v) is 7.25. The molecule has 0 aliphatic heterocycles. The van der Waals surface area contributed by atoms with E-state index in [2.05, 4.69) is 5.32 Å². The van der Waals surface area contributed by atoms with Gasteiger partial charge in [0.05, 0.1) is 29.4 Å². The van der Waals surface area contributed by atoms with Crippen LogP contribution in [-0.2, 0) is 4.79 Å². The molecule has 8 heteroatoms. The van der Waals surface area contributed by atoms with Gasteiger partial charge in [0.1, 0.15) is 6.07 Å². The van der Waals surface area contributed by atoms with Crippen molar-refractivity contribution < 1.29 is 19.2 Å². The van der Waals surface area contributed by atoms with E-state index in [0.717, 1.165) is 0 Å². The molecule has 0 aromatic heterocycles. The second kappa shape index (κ2) is 7.79. The number of para-hydroxylation sites is 1. The normalized spacial score (nSPS) is 11.1. The molecule has 2 aromatic carbocycles. The predicted octanol–water partition coefficient (Wildman–Crippen LogP) is 2.88. The van der Waals surface area contributed by atoms with E-state index in [-0.39, 0.29) is 17.2 Å². The van der Waals surface area contributed by atoms with Gasteiger partial charge in [-0.2, -0.15) is 5.26 Å². The molecule has 0 bridgehead atoms. The molecular formula is C17H15N3O5. The lowest BCUT2D eigenvalue weighted by Crippen LogP contribution is -2.30. The van der Waals surface area contributed by atoms with Crippen LogP contribution in [0.1, 0.15) is 12.5 Å². The van der Waals surface area contributed by atoms with E-state index in [0.29, 0.717) is 11.3 Å². The summed E-state index contributed by atoms with van der Waals surface area (Å²) in [6.45, 7) is 1.49. The highest BCUT2D eigenvalue weighted by Gasteiger charge is 2.20. The van der Waals surface area contributed by atoms with Crippen molar-refractivity contribution >= 4 is 17.3 Å². The van der Waals surface area contributed by atoms with Crippen LogP contribution in [0.4, 0.5) is 11.4 Å². The Balaban J connectivity index is 2.17. The third-order valence-electron chi connectivity index (χ3n) is 3.34. The Morgan fingerprint density at radius 2 is 2.00 bits per heavy atom. The number of hydrogen-bond donors (Lipinski definition) is 1. The van der Waals surface area contributed by atoms with Crippen molar-refractivity contribution in [3.8, 4) is 17.6 Å². The van der Waals surface area contributed by atoms with E-state index in [1.807, 2.05) is 6.07 Å². The summed E-state index contributed by atoms with van der Waals surface area (Å²) in [7, 11) is 1.39. The first-order chi connectivity index (χ1) is 12.0. The van der Waals surface area contributed by atoms with E-state index in [9.17, 15) is 14.9 Å². The maximum Gasteiger partial charge on any atom is 0.273 e. The number of non-ortho nitro benzene ring substituents is 1. The largest absolute Gasteiger partial charge is 0.493 e. The summed E-state index contributed by atoms with van der Waals surface area (Å²) in [5.41, 5.74) is 0.491. The zero-order chi connectivity index (χ0) is 18.4. The molecule has 1 amide bonds. The van der Waals surface area contributed by atoms with Gasteiger partial charge in [0.2, 0.25) is 0 Å². The molecule has 0 unspecified atom stereocenters. The third-order valence-corrected chi connectivity index (χ3v) is 3.34. The Kier molecular flexibility index (Phi) is 5.53. The van der Waals surface area contributed by atoms with E-state index < -0.39 is 16.9 Å². The molecule has 0 aliphatic carbocycles. The Bertz CT molecular complexity index is 844. The van der Waals surface area contributed by atoms with Crippen molar-refractivity contribution in [1.29, 1.82) is 5.26 Å². The van der Waals surface area contributed by atoms with Crippen LogP contribution >= 0.6 is 0 Å². The summed E-state index contributed by atoms with van der Waals surface area (Å²) in [6.07, 6.45) is -0.970. The van der Waals surface area contributed by atoms with Gasteiger partial charge in [-0.1, -0.05) is 12.1 Å². The monoisotopic (exact) mass is 341 g/mol. The Hall–Kier alpha value is -3.60. The highest BCUT2D eigenvalue weighted by Crippen LogP contribution is 2.32. The van der Waals surface area contributed by atoms with Crippen molar-refractivity contribution in [3.63, 3.8) is 0 Å². The van der Waals surface area contributed by atoms with Gasteiger partial charge in [-0.05, 0) is 25.1 Å². The van der Waals surface area contributed by atoms with Crippen LogP contribution in [0.2, 0.25) is 0 Å². The maximum atomic E-state index is 12.3. The van der Waals surface area contributed by atoms with E-state index in [1.54, 1.807) is 24.3 Å². The van der Waals surface area contributed by atoms with Crippen molar-refractivity contribution in [2.24, 2.45) is 0 Å². The summed E-state index contributed by atoms with van der Waals surface area (Å²) < 4.78 is 10.6. The van der Waals surface area contributed by atoms with Gasteiger partial charge in [0.15, 0.2) is 17.6 Å². The summed E-state index contributed by atoms with van der Waals surface area (Å²) in [4.78, 5) is 22.6. The van der Waals surface area contributed by atoms with Crippen molar-refractivity contribution in [3.05, 3.63) is 58.1 Å². The molecule has 0 aliphatic rings. The minimum atomic E-state index is -0.970. The molecule has 25 heavy (non-hydrogen) atoms. The molecule has 2 rings (SSSR count). The van der Waals surface area contributed by atoms with Gasteiger partial charge in [-0.15, -0.1) is 0 Å². The van der Waals surface area contributed by atoms with Crippen LogP contribution in [0.5, 0.6) is 11.5 Å². The number of nitrogens with zero attached hydrogens (tertiary/aromatic N) is 2. The number of ether oxygens (including phenoxy) is 2. The lowest BCUT2D eigenvalue weighted by atomic mass is 10.2. The number of methoxy groups -OCH3 is 1. The van der Waals surface area contributed by atoms with Gasteiger partial charge in [-0.3, -0.25) is 14.9 Å². The van der Waals surface area contributed by atoms with Crippen molar-refractivity contribution in [2.45, 2.75) is 13.0 Å². The van der Waals surface area contributed by atoms with Crippen LogP contribution in [0.25, 0.3) is 0 Å². The number of hydrogen-bond acceptors (Lipinski definition) is 6. The number of nitro groups is 1. The lowest BCUT2D eigenvalue weighted by molar-refractivity contribution is -0.385. The first-order valence-electron chi connectivity index (χ1n) is 7.25. The highest BCUT2D eigenvalue weighted by atomic mass is 16.6. The zero-order valence-corrected chi connectivity index (χ0v) is 13.6.